The van der Waals surface area contributed by atoms with E-state index in [1.165, 1.54) is 6.42 Å². The molecule has 0 bridgehead atoms. The van der Waals surface area contributed by atoms with E-state index in [4.69, 9.17) is 10.5 Å². The van der Waals surface area contributed by atoms with Gasteiger partial charge in [0.25, 0.3) is 0 Å². The molecule has 90 valence electrons. The molecule has 0 aliphatic rings. The van der Waals surface area contributed by atoms with Gasteiger partial charge in [-0.3, -0.25) is 4.98 Å². The minimum atomic E-state index is 0.487. The van der Waals surface area contributed by atoms with E-state index in [-0.39, 0.29) is 0 Å². The van der Waals surface area contributed by atoms with Gasteiger partial charge in [0.1, 0.15) is 0 Å². The minimum Gasteiger partial charge on any atom is -0.377 e. The summed E-state index contributed by atoms with van der Waals surface area (Å²) >= 11 is 0. The maximum Gasteiger partial charge on any atom is 0.0718 e. The van der Waals surface area contributed by atoms with Crippen LogP contribution in [0.5, 0.6) is 0 Å². The van der Waals surface area contributed by atoms with Gasteiger partial charge in [0.15, 0.2) is 0 Å². The molecule has 1 heterocycles. The van der Waals surface area contributed by atoms with Crippen molar-refractivity contribution < 1.29 is 4.74 Å². The predicted molar refractivity (Wildman–Crippen MR) is 65.9 cm³/mol. The van der Waals surface area contributed by atoms with Crippen molar-refractivity contribution >= 4 is 0 Å². The van der Waals surface area contributed by atoms with E-state index in [9.17, 15) is 0 Å². The molecule has 0 aromatic carbocycles. The highest BCUT2D eigenvalue weighted by Crippen LogP contribution is 2.06. The number of aromatic nitrogens is 1. The molecular formula is C13H22N2O. The number of nitrogens with two attached hydrogens (primary N) is 1. The van der Waals surface area contributed by atoms with Crippen molar-refractivity contribution in [3.63, 3.8) is 0 Å². The van der Waals surface area contributed by atoms with Crippen LogP contribution in [-0.2, 0) is 17.9 Å². The van der Waals surface area contributed by atoms with Gasteiger partial charge in [0, 0.05) is 19.3 Å². The maximum absolute atomic E-state index is 5.60. The lowest BCUT2D eigenvalue weighted by atomic mass is 10.1. The Morgan fingerprint density at radius 2 is 2.25 bits per heavy atom. The monoisotopic (exact) mass is 222 g/mol. The third-order valence-electron chi connectivity index (χ3n) is 2.43. The summed E-state index contributed by atoms with van der Waals surface area (Å²) < 4.78 is 5.60. The first kappa shape index (κ1) is 13.1. The summed E-state index contributed by atoms with van der Waals surface area (Å²) in [7, 11) is 0. The van der Waals surface area contributed by atoms with Crippen molar-refractivity contribution in [1.82, 2.24) is 4.98 Å². The zero-order chi connectivity index (χ0) is 11.8. The first-order chi connectivity index (χ1) is 7.72. The molecule has 1 rings (SSSR count). The smallest absolute Gasteiger partial charge is 0.0718 e. The lowest BCUT2D eigenvalue weighted by Crippen LogP contribution is -2.02. The first-order valence-corrected chi connectivity index (χ1v) is 5.94. The largest absolute Gasteiger partial charge is 0.377 e. The van der Waals surface area contributed by atoms with Crippen LogP contribution in [0.3, 0.4) is 0 Å². The van der Waals surface area contributed by atoms with Crippen LogP contribution in [0.2, 0.25) is 0 Å². The third kappa shape index (κ3) is 5.24. The molecule has 0 amide bonds. The lowest BCUT2D eigenvalue weighted by molar-refractivity contribution is 0.115. The van der Waals surface area contributed by atoms with Crippen LogP contribution in [0, 0.1) is 5.92 Å². The Balaban J connectivity index is 2.21. The van der Waals surface area contributed by atoms with Crippen LogP contribution < -0.4 is 5.73 Å². The fourth-order valence-corrected chi connectivity index (χ4v) is 1.51. The van der Waals surface area contributed by atoms with Gasteiger partial charge < -0.3 is 10.5 Å². The summed E-state index contributed by atoms with van der Waals surface area (Å²) in [4.78, 5) is 4.14. The highest BCUT2D eigenvalue weighted by molar-refractivity contribution is 5.15. The van der Waals surface area contributed by atoms with E-state index in [1.807, 2.05) is 12.1 Å². The Labute approximate surface area is 98.0 Å². The quantitative estimate of drug-likeness (QED) is 0.721. The summed E-state index contributed by atoms with van der Waals surface area (Å²) in [5.74, 6) is 0.758. The second-order valence-electron chi connectivity index (χ2n) is 4.45. The number of nitrogens with zero attached hydrogens (tertiary/aromatic N) is 1. The molecule has 0 saturated heterocycles. The van der Waals surface area contributed by atoms with Crippen LogP contribution >= 0.6 is 0 Å². The molecule has 0 atom stereocenters. The van der Waals surface area contributed by atoms with Gasteiger partial charge in [-0.25, -0.2) is 0 Å². The van der Waals surface area contributed by atoms with E-state index in [1.54, 1.807) is 6.20 Å². The zero-order valence-electron chi connectivity index (χ0n) is 10.3. The van der Waals surface area contributed by atoms with Crippen molar-refractivity contribution in [3.05, 3.63) is 29.6 Å². The van der Waals surface area contributed by atoms with Crippen molar-refractivity contribution in [1.29, 1.82) is 0 Å². The zero-order valence-corrected chi connectivity index (χ0v) is 10.3. The average molecular weight is 222 g/mol. The van der Waals surface area contributed by atoms with Gasteiger partial charge in [-0.15, -0.1) is 0 Å². The number of ether oxygens (including phenoxy) is 1. The Hall–Kier alpha value is -0.930. The van der Waals surface area contributed by atoms with Crippen molar-refractivity contribution in [2.75, 3.05) is 6.61 Å². The predicted octanol–water partition coefficient (Wildman–Crippen LogP) is 2.49. The van der Waals surface area contributed by atoms with Gasteiger partial charge >= 0.3 is 0 Å². The lowest BCUT2D eigenvalue weighted by Gasteiger charge is -2.06. The van der Waals surface area contributed by atoms with Gasteiger partial charge in [-0.05, 0) is 36.5 Å². The number of hydrogen-bond acceptors (Lipinski definition) is 3. The van der Waals surface area contributed by atoms with E-state index in [2.05, 4.69) is 18.8 Å². The Kier molecular flexibility index (Phi) is 6.04. The molecule has 0 spiro atoms. The molecule has 0 aliphatic heterocycles. The summed E-state index contributed by atoms with van der Waals surface area (Å²) in [6.07, 6.45) is 4.14. The molecule has 0 unspecified atom stereocenters. The highest BCUT2D eigenvalue weighted by Gasteiger charge is 1.97. The number of pyridine rings is 1. The highest BCUT2D eigenvalue weighted by atomic mass is 16.5. The summed E-state index contributed by atoms with van der Waals surface area (Å²) in [5, 5.41) is 0. The maximum atomic E-state index is 5.60. The summed E-state index contributed by atoms with van der Waals surface area (Å²) in [6.45, 7) is 6.44. The van der Waals surface area contributed by atoms with Crippen LogP contribution in [0.15, 0.2) is 18.3 Å². The normalized spacial score (nSPS) is 11.0. The topological polar surface area (TPSA) is 48.1 Å². The standard InChI is InChI=1S/C13H22N2O/c1-11(2)4-3-7-16-10-12-5-6-15-13(8-12)9-14/h5-6,8,11H,3-4,7,9-10,14H2,1-2H3. The second-order valence-corrected chi connectivity index (χ2v) is 4.45. The van der Waals surface area contributed by atoms with Gasteiger partial charge in [-0.2, -0.15) is 0 Å². The molecule has 0 saturated carbocycles. The molecule has 0 aliphatic carbocycles. The minimum absolute atomic E-state index is 0.487. The molecule has 3 nitrogen and oxygen atoms in total. The molecule has 2 N–H and O–H groups in total. The van der Waals surface area contributed by atoms with Gasteiger partial charge in [0.2, 0.25) is 0 Å². The van der Waals surface area contributed by atoms with Crippen LogP contribution in [0.25, 0.3) is 0 Å². The van der Waals surface area contributed by atoms with Gasteiger partial charge in [-0.1, -0.05) is 13.8 Å². The fourth-order valence-electron chi connectivity index (χ4n) is 1.51. The van der Waals surface area contributed by atoms with Crippen molar-refractivity contribution in [2.45, 2.75) is 39.8 Å². The molecule has 1 aromatic rings. The Morgan fingerprint density at radius 1 is 1.44 bits per heavy atom. The van der Waals surface area contributed by atoms with Crippen LogP contribution in [0.1, 0.15) is 37.9 Å². The molecule has 0 radical (unpaired) electrons. The first-order valence-electron chi connectivity index (χ1n) is 5.94. The fraction of sp³-hybridized carbons (Fsp3) is 0.615. The van der Waals surface area contributed by atoms with Gasteiger partial charge in [0.05, 0.1) is 12.3 Å². The van der Waals surface area contributed by atoms with E-state index >= 15 is 0 Å². The number of rotatable bonds is 7. The Morgan fingerprint density at radius 3 is 2.94 bits per heavy atom. The van der Waals surface area contributed by atoms with Crippen LogP contribution in [0.4, 0.5) is 0 Å². The Bertz CT molecular complexity index is 300. The summed E-state index contributed by atoms with van der Waals surface area (Å²) in [6, 6.07) is 3.98. The van der Waals surface area contributed by atoms with Crippen molar-refractivity contribution in [2.24, 2.45) is 11.7 Å². The van der Waals surface area contributed by atoms with E-state index < -0.39 is 0 Å². The molecule has 3 heteroatoms. The third-order valence-corrected chi connectivity index (χ3v) is 2.43. The SMILES string of the molecule is CC(C)CCCOCc1ccnc(CN)c1. The van der Waals surface area contributed by atoms with E-state index in [0.29, 0.717) is 13.2 Å². The molecular weight excluding hydrogens is 200 g/mol. The second kappa shape index (κ2) is 7.36. The number of hydrogen-bond donors (Lipinski definition) is 1. The summed E-state index contributed by atoms with van der Waals surface area (Å²) in [5.41, 5.74) is 7.60. The average Bonchev–Trinajstić information content (AvgIpc) is 2.28. The van der Waals surface area contributed by atoms with Crippen molar-refractivity contribution in [3.8, 4) is 0 Å². The molecule has 0 fully saturated rings. The van der Waals surface area contributed by atoms with Crippen LogP contribution in [-0.4, -0.2) is 11.6 Å². The van der Waals surface area contributed by atoms with E-state index in [0.717, 1.165) is 30.2 Å². The molecule has 16 heavy (non-hydrogen) atoms. The molecule has 1 aromatic heterocycles.